The van der Waals surface area contributed by atoms with Crippen molar-refractivity contribution in [2.24, 2.45) is 0 Å². The molecular formula is C21H25N3O2S. The summed E-state index contributed by atoms with van der Waals surface area (Å²) in [5.41, 5.74) is 2.01. The summed E-state index contributed by atoms with van der Waals surface area (Å²) in [6, 6.07) is 11.1. The van der Waals surface area contributed by atoms with E-state index in [1.165, 1.54) is 0 Å². The predicted octanol–water partition coefficient (Wildman–Crippen LogP) is 3.22. The number of hydrogen-bond donors (Lipinski definition) is 1. The van der Waals surface area contributed by atoms with Gasteiger partial charge in [0.05, 0.1) is 6.54 Å². The van der Waals surface area contributed by atoms with Crippen LogP contribution in [0, 0.1) is 0 Å². The Labute approximate surface area is 164 Å². The number of carbonyl (C=O) groups excluding carboxylic acids is 2. The van der Waals surface area contributed by atoms with E-state index >= 15 is 0 Å². The molecule has 1 saturated heterocycles. The predicted molar refractivity (Wildman–Crippen MR) is 111 cm³/mol. The summed E-state index contributed by atoms with van der Waals surface area (Å²) < 4.78 is 0. The second kappa shape index (κ2) is 9.08. The normalized spacial score (nSPS) is 16.3. The van der Waals surface area contributed by atoms with Crippen LogP contribution in [0.1, 0.15) is 22.2 Å². The first kappa shape index (κ1) is 19.5. The highest BCUT2D eigenvalue weighted by molar-refractivity contribution is 7.10. The monoisotopic (exact) mass is 383 g/mol. The summed E-state index contributed by atoms with van der Waals surface area (Å²) in [6.07, 6.45) is 1.87. The van der Waals surface area contributed by atoms with Crippen molar-refractivity contribution < 1.29 is 9.59 Å². The first-order valence-electron chi connectivity index (χ1n) is 9.08. The van der Waals surface area contributed by atoms with Crippen molar-refractivity contribution in [1.29, 1.82) is 0 Å². The van der Waals surface area contributed by atoms with Crippen LogP contribution in [0.25, 0.3) is 6.08 Å². The zero-order valence-electron chi connectivity index (χ0n) is 15.8. The molecule has 142 valence electrons. The molecule has 1 N–H and O–H groups in total. The van der Waals surface area contributed by atoms with Gasteiger partial charge < -0.3 is 10.2 Å². The van der Waals surface area contributed by atoms with Gasteiger partial charge in [0.1, 0.15) is 0 Å². The molecule has 27 heavy (non-hydrogen) atoms. The number of Topliss-reactive ketones (excluding diaryl/α,β-unsaturated/α-hetero) is 1. The molecule has 0 saturated carbocycles. The van der Waals surface area contributed by atoms with Gasteiger partial charge in [0.15, 0.2) is 5.78 Å². The van der Waals surface area contributed by atoms with Crippen molar-refractivity contribution in [2.45, 2.75) is 6.92 Å². The minimum Gasteiger partial charge on any atom is -0.322 e. The highest BCUT2D eigenvalue weighted by Gasteiger charge is 2.17. The van der Waals surface area contributed by atoms with Gasteiger partial charge in [0.25, 0.3) is 5.91 Å². The maximum atomic E-state index is 12.5. The van der Waals surface area contributed by atoms with E-state index in [2.05, 4.69) is 22.2 Å². The lowest BCUT2D eigenvalue weighted by Gasteiger charge is -2.31. The highest BCUT2D eigenvalue weighted by atomic mass is 32.1. The van der Waals surface area contributed by atoms with E-state index in [0.717, 1.165) is 31.1 Å². The molecule has 6 heteroatoms. The number of nitrogens with one attached hydrogen (secondary N) is 1. The molecule has 2 aromatic rings. The third kappa shape index (κ3) is 5.60. The summed E-state index contributed by atoms with van der Waals surface area (Å²) in [6.45, 7) is 6.08. The van der Waals surface area contributed by atoms with Gasteiger partial charge in [0.2, 0.25) is 0 Å². The molecule has 1 aliphatic heterocycles. The van der Waals surface area contributed by atoms with Crippen LogP contribution < -0.4 is 5.32 Å². The fraction of sp³-hybridized carbons (Fsp3) is 0.333. The van der Waals surface area contributed by atoms with Gasteiger partial charge in [-0.3, -0.25) is 14.5 Å². The molecule has 2 heterocycles. The number of nitrogens with zero attached hydrogens (tertiary/aromatic N) is 2. The molecule has 1 aromatic heterocycles. The number of carbonyl (C=O) groups is 2. The second-order valence-corrected chi connectivity index (χ2v) is 7.86. The molecule has 0 unspecified atom stereocenters. The Morgan fingerprint density at radius 2 is 1.81 bits per heavy atom. The number of amides is 1. The third-order valence-electron chi connectivity index (χ3n) is 4.69. The van der Waals surface area contributed by atoms with Gasteiger partial charge in [-0.25, -0.2) is 0 Å². The van der Waals surface area contributed by atoms with Crippen molar-refractivity contribution in [3.63, 3.8) is 0 Å². The first-order valence-corrected chi connectivity index (χ1v) is 9.96. The standard InChI is InChI=1S/C21H25N3O2S/c1-16(14-19-4-3-13-27-19)21(26)22-18-7-5-17(6-8-18)20(25)15-24-11-9-23(2)10-12-24/h3-8,13-14H,9-12,15H2,1-2H3,(H,22,26)/b16-14+. The molecule has 5 nitrogen and oxygen atoms in total. The SMILES string of the molecule is C/C(=C\c1cccs1)C(=O)Nc1ccc(C(=O)CN2CCN(C)CC2)cc1. The smallest absolute Gasteiger partial charge is 0.251 e. The van der Waals surface area contributed by atoms with Crippen LogP contribution in [0.2, 0.25) is 0 Å². The van der Waals surface area contributed by atoms with Crippen molar-refractivity contribution in [1.82, 2.24) is 9.80 Å². The van der Waals surface area contributed by atoms with E-state index in [0.29, 0.717) is 23.4 Å². The highest BCUT2D eigenvalue weighted by Crippen LogP contribution is 2.16. The Morgan fingerprint density at radius 1 is 1.11 bits per heavy atom. The summed E-state index contributed by atoms with van der Waals surface area (Å²) in [5, 5.41) is 4.86. The minimum atomic E-state index is -0.139. The molecule has 0 aliphatic carbocycles. The molecule has 0 spiro atoms. The number of hydrogen-bond acceptors (Lipinski definition) is 5. The summed E-state index contributed by atoms with van der Waals surface area (Å²) in [5.74, 6) is -0.0221. The largest absolute Gasteiger partial charge is 0.322 e. The zero-order chi connectivity index (χ0) is 19.2. The fourth-order valence-electron chi connectivity index (χ4n) is 2.92. The van der Waals surface area contributed by atoms with E-state index in [-0.39, 0.29) is 11.7 Å². The minimum absolute atomic E-state index is 0.117. The van der Waals surface area contributed by atoms with Gasteiger partial charge in [0, 0.05) is 47.9 Å². The molecule has 0 radical (unpaired) electrons. The number of rotatable bonds is 6. The Bertz CT molecular complexity index is 804. The van der Waals surface area contributed by atoms with E-state index in [1.807, 2.05) is 23.6 Å². The van der Waals surface area contributed by atoms with Gasteiger partial charge in [-0.1, -0.05) is 6.07 Å². The molecule has 1 aliphatic rings. The Balaban J connectivity index is 1.55. The molecule has 1 amide bonds. The number of anilines is 1. The van der Waals surface area contributed by atoms with Crippen LogP contribution in [0.15, 0.2) is 47.4 Å². The first-order chi connectivity index (χ1) is 13.0. The van der Waals surface area contributed by atoms with Crippen LogP contribution in [0.5, 0.6) is 0 Å². The van der Waals surface area contributed by atoms with Crippen LogP contribution >= 0.6 is 11.3 Å². The Morgan fingerprint density at radius 3 is 2.44 bits per heavy atom. The van der Waals surface area contributed by atoms with E-state index in [1.54, 1.807) is 42.5 Å². The molecule has 0 bridgehead atoms. The molecule has 1 aromatic carbocycles. The maximum Gasteiger partial charge on any atom is 0.251 e. The summed E-state index contributed by atoms with van der Waals surface area (Å²) >= 11 is 1.59. The van der Waals surface area contributed by atoms with Crippen LogP contribution in [-0.4, -0.2) is 61.3 Å². The van der Waals surface area contributed by atoms with Gasteiger partial charge in [-0.2, -0.15) is 0 Å². The number of piperazine rings is 1. The van der Waals surface area contributed by atoms with Crippen molar-refractivity contribution in [3.05, 3.63) is 57.8 Å². The number of likely N-dealkylation sites (N-methyl/N-ethyl adjacent to an activating group) is 1. The number of thiophene rings is 1. The average Bonchev–Trinajstić information content (AvgIpc) is 3.17. The van der Waals surface area contributed by atoms with Crippen molar-refractivity contribution >= 4 is 34.8 Å². The zero-order valence-corrected chi connectivity index (χ0v) is 16.6. The average molecular weight is 384 g/mol. The van der Waals surface area contributed by atoms with Crippen LogP contribution in [0.4, 0.5) is 5.69 Å². The maximum absolute atomic E-state index is 12.5. The fourth-order valence-corrected chi connectivity index (χ4v) is 3.64. The van der Waals surface area contributed by atoms with E-state index < -0.39 is 0 Å². The van der Waals surface area contributed by atoms with E-state index in [9.17, 15) is 9.59 Å². The van der Waals surface area contributed by atoms with Crippen molar-refractivity contribution in [3.8, 4) is 0 Å². The number of ketones is 1. The molecule has 0 atom stereocenters. The van der Waals surface area contributed by atoms with Gasteiger partial charge in [-0.15, -0.1) is 11.3 Å². The van der Waals surface area contributed by atoms with Crippen LogP contribution in [-0.2, 0) is 4.79 Å². The Kier molecular flexibility index (Phi) is 6.55. The second-order valence-electron chi connectivity index (χ2n) is 6.88. The quantitative estimate of drug-likeness (QED) is 0.615. The van der Waals surface area contributed by atoms with Crippen LogP contribution in [0.3, 0.4) is 0 Å². The molecule has 3 rings (SSSR count). The summed E-state index contributed by atoms with van der Waals surface area (Å²) in [4.78, 5) is 30.3. The molecular weight excluding hydrogens is 358 g/mol. The lowest BCUT2D eigenvalue weighted by molar-refractivity contribution is -0.112. The Hall–Kier alpha value is -2.28. The number of benzene rings is 1. The molecule has 1 fully saturated rings. The lowest BCUT2D eigenvalue weighted by Crippen LogP contribution is -2.46. The van der Waals surface area contributed by atoms with Crippen molar-refractivity contribution in [2.75, 3.05) is 45.1 Å². The van der Waals surface area contributed by atoms with E-state index in [4.69, 9.17) is 0 Å². The van der Waals surface area contributed by atoms with Gasteiger partial charge in [-0.05, 0) is 55.8 Å². The topological polar surface area (TPSA) is 52.7 Å². The van der Waals surface area contributed by atoms with Gasteiger partial charge >= 0.3 is 0 Å². The third-order valence-corrected chi connectivity index (χ3v) is 5.51. The summed E-state index contributed by atoms with van der Waals surface area (Å²) in [7, 11) is 2.10. The lowest BCUT2D eigenvalue weighted by atomic mass is 10.1.